The highest BCUT2D eigenvalue weighted by atomic mass is 16.4. The average molecular weight is 325 g/mol. The quantitative estimate of drug-likeness (QED) is 0.928. The van der Waals surface area contributed by atoms with Crippen molar-refractivity contribution in [2.45, 2.75) is 45.7 Å². The van der Waals surface area contributed by atoms with Gasteiger partial charge in [0, 0.05) is 30.3 Å². The van der Waals surface area contributed by atoms with Gasteiger partial charge in [0.25, 0.3) is 0 Å². The summed E-state index contributed by atoms with van der Waals surface area (Å²) in [6, 6.07) is 10.2. The number of nitrogens with zero attached hydrogens (tertiary/aromatic N) is 3. The predicted molar refractivity (Wildman–Crippen MR) is 92.9 cm³/mol. The molecular weight excluding hydrogens is 302 g/mol. The maximum Gasteiger partial charge on any atom is 0.407 e. The van der Waals surface area contributed by atoms with Crippen LogP contribution in [0.2, 0.25) is 0 Å². The molecule has 0 radical (unpaired) electrons. The number of hydrogen-bond donors (Lipinski definition) is 1. The summed E-state index contributed by atoms with van der Waals surface area (Å²) in [4.78, 5) is 13.0. The molecule has 1 aromatic heterocycles. The first-order chi connectivity index (χ1) is 11.5. The van der Waals surface area contributed by atoms with Crippen molar-refractivity contribution in [2.24, 2.45) is 5.92 Å². The minimum Gasteiger partial charge on any atom is -0.465 e. The summed E-state index contributed by atoms with van der Waals surface area (Å²) in [5.74, 6) is 0.432. The van der Waals surface area contributed by atoms with Gasteiger partial charge in [-0.2, -0.15) is 5.26 Å². The van der Waals surface area contributed by atoms with Crippen molar-refractivity contribution in [2.75, 3.05) is 6.54 Å². The molecule has 0 saturated carbocycles. The third-order valence-electron chi connectivity index (χ3n) is 5.04. The molecule has 1 N–H and O–H groups in total. The van der Waals surface area contributed by atoms with Crippen molar-refractivity contribution < 1.29 is 9.90 Å². The first-order valence-electron chi connectivity index (χ1n) is 8.55. The molecule has 0 aliphatic carbocycles. The second kappa shape index (κ2) is 6.56. The van der Waals surface area contributed by atoms with Gasteiger partial charge in [-0.25, -0.2) is 4.79 Å². The zero-order valence-electron chi connectivity index (χ0n) is 14.2. The minimum atomic E-state index is -0.806. The molecule has 0 unspecified atom stereocenters. The number of carboxylic acid groups (broad SMARTS) is 1. The van der Waals surface area contributed by atoms with E-state index in [1.54, 1.807) is 4.90 Å². The van der Waals surface area contributed by atoms with Crippen LogP contribution >= 0.6 is 0 Å². The van der Waals surface area contributed by atoms with Crippen LogP contribution in [0.4, 0.5) is 4.79 Å². The molecule has 1 aromatic carbocycles. The van der Waals surface area contributed by atoms with Crippen LogP contribution in [-0.4, -0.2) is 33.3 Å². The fourth-order valence-corrected chi connectivity index (χ4v) is 3.94. The highest BCUT2D eigenvalue weighted by Gasteiger charge is 2.32. The van der Waals surface area contributed by atoms with E-state index in [0.29, 0.717) is 18.0 Å². The Morgan fingerprint density at radius 1 is 1.42 bits per heavy atom. The molecule has 1 aliphatic heterocycles. The lowest BCUT2D eigenvalue weighted by Gasteiger charge is -2.21. The number of nitriles is 1. The smallest absolute Gasteiger partial charge is 0.407 e. The van der Waals surface area contributed by atoms with E-state index in [1.165, 1.54) is 5.69 Å². The van der Waals surface area contributed by atoms with Gasteiger partial charge in [0.1, 0.15) is 0 Å². The molecule has 1 amide bonds. The van der Waals surface area contributed by atoms with Gasteiger partial charge in [0.05, 0.1) is 11.6 Å². The normalized spacial score (nSPS) is 20.5. The van der Waals surface area contributed by atoms with Gasteiger partial charge in [-0.3, -0.25) is 0 Å². The van der Waals surface area contributed by atoms with E-state index in [-0.39, 0.29) is 6.04 Å². The molecule has 0 spiro atoms. The topological polar surface area (TPSA) is 69.3 Å². The van der Waals surface area contributed by atoms with E-state index in [4.69, 9.17) is 5.26 Å². The van der Waals surface area contributed by atoms with E-state index in [1.807, 2.05) is 18.2 Å². The minimum absolute atomic E-state index is 0.107. The van der Waals surface area contributed by atoms with Gasteiger partial charge in [-0.05, 0) is 55.7 Å². The monoisotopic (exact) mass is 325 g/mol. The molecule has 2 atom stereocenters. The van der Waals surface area contributed by atoms with Crippen LogP contribution < -0.4 is 0 Å². The third kappa shape index (κ3) is 2.96. The first-order valence-corrected chi connectivity index (χ1v) is 8.55. The molecule has 2 aromatic rings. The number of carbonyl (C=O) groups is 1. The van der Waals surface area contributed by atoms with Crippen molar-refractivity contribution in [3.63, 3.8) is 0 Å². The highest BCUT2D eigenvalue weighted by molar-refractivity contribution is 5.82. The van der Waals surface area contributed by atoms with Crippen molar-refractivity contribution >= 4 is 17.0 Å². The van der Waals surface area contributed by atoms with E-state index >= 15 is 0 Å². The van der Waals surface area contributed by atoms with E-state index in [2.05, 4.69) is 30.6 Å². The van der Waals surface area contributed by atoms with Crippen LogP contribution in [0.5, 0.6) is 0 Å². The lowest BCUT2D eigenvalue weighted by atomic mass is 10.0. The largest absolute Gasteiger partial charge is 0.465 e. The van der Waals surface area contributed by atoms with Crippen LogP contribution in [0.25, 0.3) is 10.9 Å². The number of amides is 1. The van der Waals surface area contributed by atoms with Gasteiger partial charge < -0.3 is 14.6 Å². The van der Waals surface area contributed by atoms with Gasteiger partial charge in [-0.1, -0.05) is 13.0 Å². The standard InChI is InChI=1S/C19H23N3O2/c1-3-21-17(10-15-5-4-14(11-20)9-18(15)21)7-6-16-8-13(2)12-22(16)19(23)24/h4-5,9-10,13,16H,3,6-8,12H2,1-2H3,(H,23,24)/t13-,16-/m0/s1. The molecule has 2 heterocycles. The van der Waals surface area contributed by atoms with Gasteiger partial charge in [0.2, 0.25) is 0 Å². The maximum absolute atomic E-state index is 11.4. The molecule has 0 bridgehead atoms. The summed E-state index contributed by atoms with van der Waals surface area (Å²) in [5, 5.41) is 19.6. The SMILES string of the molecule is CCn1c(CC[C@H]2C[C@H](C)CN2C(=O)O)cc2ccc(C#N)cc21. The molecule has 5 heteroatoms. The molecule has 3 rings (SSSR count). The Labute approximate surface area is 142 Å². The second-order valence-corrected chi connectivity index (χ2v) is 6.73. The summed E-state index contributed by atoms with van der Waals surface area (Å²) in [7, 11) is 0. The van der Waals surface area contributed by atoms with Crippen molar-refractivity contribution in [1.29, 1.82) is 5.26 Å². The molecule has 126 valence electrons. The second-order valence-electron chi connectivity index (χ2n) is 6.73. The van der Waals surface area contributed by atoms with Crippen LogP contribution in [-0.2, 0) is 13.0 Å². The van der Waals surface area contributed by atoms with Crippen molar-refractivity contribution in [1.82, 2.24) is 9.47 Å². The number of aryl methyl sites for hydroxylation is 2. The van der Waals surface area contributed by atoms with Crippen LogP contribution in [0, 0.1) is 17.2 Å². The molecule has 1 aliphatic rings. The highest BCUT2D eigenvalue weighted by Crippen LogP contribution is 2.28. The summed E-state index contributed by atoms with van der Waals surface area (Å²) in [5.41, 5.74) is 2.97. The van der Waals surface area contributed by atoms with Crippen molar-refractivity contribution in [3.05, 3.63) is 35.5 Å². The van der Waals surface area contributed by atoms with Crippen LogP contribution in [0.1, 0.15) is 37.9 Å². The Morgan fingerprint density at radius 3 is 2.88 bits per heavy atom. The first kappa shape index (κ1) is 16.4. The zero-order chi connectivity index (χ0) is 17.3. The number of aromatic nitrogens is 1. The zero-order valence-corrected chi connectivity index (χ0v) is 14.2. The number of rotatable bonds is 4. The fraction of sp³-hybridized carbons (Fsp3) is 0.474. The van der Waals surface area contributed by atoms with Crippen LogP contribution in [0.15, 0.2) is 24.3 Å². The third-order valence-corrected chi connectivity index (χ3v) is 5.04. The summed E-state index contributed by atoms with van der Waals surface area (Å²) >= 11 is 0. The van der Waals surface area contributed by atoms with E-state index in [0.717, 1.165) is 36.7 Å². The van der Waals surface area contributed by atoms with E-state index < -0.39 is 6.09 Å². The molecule has 24 heavy (non-hydrogen) atoms. The Morgan fingerprint density at radius 2 is 2.21 bits per heavy atom. The summed E-state index contributed by atoms with van der Waals surface area (Å²) in [6.07, 6.45) is 1.83. The molecule has 5 nitrogen and oxygen atoms in total. The van der Waals surface area contributed by atoms with E-state index in [9.17, 15) is 9.90 Å². The number of benzene rings is 1. The Hall–Kier alpha value is -2.48. The Kier molecular flexibility index (Phi) is 4.48. The summed E-state index contributed by atoms with van der Waals surface area (Å²) in [6.45, 7) is 5.70. The van der Waals surface area contributed by atoms with Gasteiger partial charge in [0.15, 0.2) is 0 Å². The van der Waals surface area contributed by atoms with Crippen molar-refractivity contribution in [3.8, 4) is 6.07 Å². The number of fused-ring (bicyclic) bond motifs is 1. The van der Waals surface area contributed by atoms with Gasteiger partial charge in [-0.15, -0.1) is 0 Å². The van der Waals surface area contributed by atoms with Gasteiger partial charge >= 0.3 is 6.09 Å². The number of likely N-dealkylation sites (tertiary alicyclic amines) is 1. The molecular formula is C19H23N3O2. The van der Waals surface area contributed by atoms with Crippen LogP contribution in [0.3, 0.4) is 0 Å². The lowest BCUT2D eigenvalue weighted by molar-refractivity contribution is 0.137. The fourth-order valence-electron chi connectivity index (χ4n) is 3.94. The average Bonchev–Trinajstić information content (AvgIpc) is 3.11. The summed E-state index contributed by atoms with van der Waals surface area (Å²) < 4.78 is 2.24. The lowest BCUT2D eigenvalue weighted by Crippen LogP contribution is -2.34. The predicted octanol–water partition coefficient (Wildman–Crippen LogP) is 3.85. The Bertz CT molecular complexity index is 803. The maximum atomic E-state index is 11.4. The Balaban J connectivity index is 1.82. The number of hydrogen-bond acceptors (Lipinski definition) is 2. The molecule has 1 fully saturated rings. The molecule has 1 saturated heterocycles.